The minimum absolute atomic E-state index is 0.209. The minimum atomic E-state index is -0.702. The maximum Gasteiger partial charge on any atom is 0.309 e. The summed E-state index contributed by atoms with van der Waals surface area (Å²) in [5.74, 6) is -0.110. The molecule has 0 aliphatic carbocycles. The summed E-state index contributed by atoms with van der Waals surface area (Å²) in [5.41, 5.74) is 1.15. The van der Waals surface area contributed by atoms with Gasteiger partial charge in [-0.2, -0.15) is 0 Å². The third-order valence-electron chi connectivity index (χ3n) is 3.46. The third-order valence-corrected chi connectivity index (χ3v) is 4.15. The number of carboxylic acid groups (broad SMARTS) is 1. The van der Waals surface area contributed by atoms with E-state index < -0.39 is 5.97 Å². The second-order valence-corrected chi connectivity index (χ2v) is 5.41. The molecule has 0 spiro atoms. The zero-order valence-corrected chi connectivity index (χ0v) is 12.0. The van der Waals surface area contributed by atoms with Gasteiger partial charge in [0.1, 0.15) is 5.75 Å². The number of carboxylic acids is 1. The van der Waals surface area contributed by atoms with Gasteiger partial charge in [0.15, 0.2) is 0 Å². The molecule has 2 rings (SSSR count). The zero-order chi connectivity index (χ0) is 13.3. The highest BCUT2D eigenvalue weighted by atomic mass is 79.9. The number of halogens is 1. The average molecular weight is 314 g/mol. The van der Waals surface area contributed by atoms with Crippen LogP contribution >= 0.6 is 15.9 Å². The van der Waals surface area contributed by atoms with E-state index in [1.807, 2.05) is 18.2 Å². The molecular weight excluding hydrogens is 298 g/mol. The van der Waals surface area contributed by atoms with Crippen molar-refractivity contribution in [1.82, 2.24) is 4.90 Å². The zero-order valence-electron chi connectivity index (χ0n) is 10.4. The van der Waals surface area contributed by atoms with Crippen molar-refractivity contribution in [3.63, 3.8) is 0 Å². The maximum atomic E-state index is 10.8. The van der Waals surface area contributed by atoms with Crippen molar-refractivity contribution in [3.05, 3.63) is 28.2 Å². The van der Waals surface area contributed by atoms with Gasteiger partial charge in [0.05, 0.1) is 13.0 Å². The summed E-state index contributed by atoms with van der Waals surface area (Å²) in [6.07, 6.45) is 0. The van der Waals surface area contributed by atoms with Gasteiger partial charge in [0.2, 0.25) is 0 Å². The fourth-order valence-electron chi connectivity index (χ4n) is 2.16. The summed E-state index contributed by atoms with van der Waals surface area (Å²) in [7, 11) is 1.64. The first kappa shape index (κ1) is 13.4. The first-order valence-corrected chi connectivity index (χ1v) is 6.62. The fraction of sp³-hybridized carbons (Fsp3) is 0.462. The Kier molecular flexibility index (Phi) is 3.92. The van der Waals surface area contributed by atoms with Gasteiger partial charge in [0.25, 0.3) is 0 Å². The molecule has 0 aromatic heterocycles. The van der Waals surface area contributed by atoms with Crippen LogP contribution in [0.5, 0.6) is 5.75 Å². The topological polar surface area (TPSA) is 49.8 Å². The normalized spacial score (nSPS) is 18.2. The molecule has 0 amide bonds. The summed E-state index contributed by atoms with van der Waals surface area (Å²) in [4.78, 5) is 12.9. The fourth-order valence-corrected chi connectivity index (χ4v) is 2.84. The van der Waals surface area contributed by atoms with Crippen LogP contribution in [0.25, 0.3) is 0 Å². The molecule has 1 heterocycles. The molecule has 0 radical (unpaired) electrons. The first-order valence-electron chi connectivity index (χ1n) is 5.83. The van der Waals surface area contributed by atoms with Crippen molar-refractivity contribution < 1.29 is 14.6 Å². The molecule has 18 heavy (non-hydrogen) atoms. The molecule has 1 aromatic carbocycles. The number of likely N-dealkylation sites (tertiary alicyclic amines) is 1. The number of methoxy groups -OCH3 is 1. The van der Waals surface area contributed by atoms with E-state index in [0.717, 1.165) is 15.8 Å². The Morgan fingerprint density at radius 3 is 2.72 bits per heavy atom. The SMILES string of the molecule is COc1ccc(C(C)N2CC(C(=O)O)C2)c(Br)c1. The molecule has 4 nitrogen and oxygen atoms in total. The van der Waals surface area contributed by atoms with Crippen LogP contribution in [0.1, 0.15) is 18.5 Å². The van der Waals surface area contributed by atoms with Crippen molar-refractivity contribution in [2.75, 3.05) is 20.2 Å². The second kappa shape index (κ2) is 5.28. The van der Waals surface area contributed by atoms with Gasteiger partial charge in [0, 0.05) is 23.6 Å². The standard InChI is InChI=1S/C13H16BrNO3/c1-8(15-6-9(7-15)13(16)17)11-4-3-10(18-2)5-12(11)14/h3-5,8-9H,6-7H2,1-2H3,(H,16,17). The van der Waals surface area contributed by atoms with Gasteiger partial charge in [-0.3, -0.25) is 9.69 Å². The Morgan fingerprint density at radius 1 is 1.56 bits per heavy atom. The maximum absolute atomic E-state index is 10.8. The number of aliphatic carboxylic acids is 1. The van der Waals surface area contributed by atoms with Gasteiger partial charge in [-0.25, -0.2) is 0 Å². The number of ether oxygens (including phenoxy) is 1. The van der Waals surface area contributed by atoms with Crippen molar-refractivity contribution in [2.24, 2.45) is 5.92 Å². The van der Waals surface area contributed by atoms with Crippen LogP contribution in [0, 0.1) is 5.92 Å². The highest BCUT2D eigenvalue weighted by Crippen LogP contribution is 2.34. The number of carbonyl (C=O) groups is 1. The molecule has 1 aliphatic rings. The van der Waals surface area contributed by atoms with Gasteiger partial charge in [-0.15, -0.1) is 0 Å². The van der Waals surface area contributed by atoms with Gasteiger partial charge in [-0.05, 0) is 24.6 Å². The lowest BCUT2D eigenvalue weighted by Gasteiger charge is -2.41. The quantitative estimate of drug-likeness (QED) is 0.928. The number of hydrogen-bond donors (Lipinski definition) is 1. The summed E-state index contributed by atoms with van der Waals surface area (Å²) in [5, 5.41) is 8.87. The van der Waals surface area contributed by atoms with Crippen LogP contribution in [0.4, 0.5) is 0 Å². The van der Waals surface area contributed by atoms with Crippen molar-refractivity contribution in [3.8, 4) is 5.75 Å². The average Bonchev–Trinajstić information content (AvgIpc) is 2.25. The Morgan fingerprint density at radius 2 is 2.22 bits per heavy atom. The second-order valence-electron chi connectivity index (χ2n) is 4.55. The molecular formula is C13H16BrNO3. The number of nitrogens with zero attached hydrogens (tertiary/aromatic N) is 1. The van der Waals surface area contributed by atoms with Crippen molar-refractivity contribution in [2.45, 2.75) is 13.0 Å². The number of rotatable bonds is 4. The lowest BCUT2D eigenvalue weighted by Crippen LogP contribution is -2.51. The lowest BCUT2D eigenvalue weighted by molar-refractivity contribution is -0.148. The van der Waals surface area contributed by atoms with Gasteiger partial charge in [-0.1, -0.05) is 22.0 Å². The van der Waals surface area contributed by atoms with Gasteiger partial charge < -0.3 is 9.84 Å². The molecule has 98 valence electrons. The van der Waals surface area contributed by atoms with E-state index >= 15 is 0 Å². The Bertz CT molecular complexity index is 458. The van der Waals surface area contributed by atoms with Gasteiger partial charge >= 0.3 is 5.97 Å². The highest BCUT2D eigenvalue weighted by molar-refractivity contribution is 9.10. The number of benzene rings is 1. The molecule has 1 fully saturated rings. The minimum Gasteiger partial charge on any atom is -0.497 e. The summed E-state index contributed by atoms with van der Waals surface area (Å²) in [6, 6.07) is 6.08. The predicted octanol–water partition coefficient (Wildman–Crippen LogP) is 2.54. The van der Waals surface area contributed by atoms with Crippen molar-refractivity contribution >= 4 is 21.9 Å². The van der Waals surface area contributed by atoms with Crippen LogP contribution < -0.4 is 4.74 Å². The highest BCUT2D eigenvalue weighted by Gasteiger charge is 2.35. The van der Waals surface area contributed by atoms with E-state index in [-0.39, 0.29) is 12.0 Å². The summed E-state index contributed by atoms with van der Waals surface area (Å²) < 4.78 is 6.15. The van der Waals surface area contributed by atoms with E-state index in [1.54, 1.807) is 7.11 Å². The Balaban J connectivity index is 2.06. The Hall–Kier alpha value is -1.07. The molecule has 0 saturated carbocycles. The van der Waals surface area contributed by atoms with E-state index in [1.165, 1.54) is 0 Å². The van der Waals surface area contributed by atoms with E-state index in [0.29, 0.717) is 13.1 Å². The Labute approximate surface area is 115 Å². The molecule has 1 N–H and O–H groups in total. The number of hydrogen-bond acceptors (Lipinski definition) is 3. The van der Waals surface area contributed by atoms with Crippen LogP contribution in [-0.4, -0.2) is 36.2 Å². The van der Waals surface area contributed by atoms with Crippen molar-refractivity contribution in [1.29, 1.82) is 0 Å². The largest absolute Gasteiger partial charge is 0.497 e. The van der Waals surface area contributed by atoms with Crippen LogP contribution in [0.15, 0.2) is 22.7 Å². The summed E-state index contributed by atoms with van der Waals surface area (Å²) in [6.45, 7) is 3.33. The first-order chi connectivity index (χ1) is 8.52. The van der Waals surface area contributed by atoms with Crippen LogP contribution in [0.3, 0.4) is 0 Å². The monoisotopic (exact) mass is 313 g/mol. The lowest BCUT2D eigenvalue weighted by atomic mass is 9.95. The molecule has 1 saturated heterocycles. The third kappa shape index (κ3) is 2.52. The summed E-state index contributed by atoms with van der Waals surface area (Å²) >= 11 is 3.53. The molecule has 1 aromatic rings. The molecule has 1 aliphatic heterocycles. The molecule has 1 unspecified atom stereocenters. The molecule has 5 heteroatoms. The van der Waals surface area contributed by atoms with E-state index in [9.17, 15) is 4.79 Å². The predicted molar refractivity (Wildman–Crippen MR) is 71.8 cm³/mol. The smallest absolute Gasteiger partial charge is 0.309 e. The van der Waals surface area contributed by atoms with Crippen LogP contribution in [0.2, 0.25) is 0 Å². The molecule has 1 atom stereocenters. The van der Waals surface area contributed by atoms with Crippen LogP contribution in [-0.2, 0) is 4.79 Å². The van der Waals surface area contributed by atoms with E-state index in [4.69, 9.17) is 9.84 Å². The molecule has 0 bridgehead atoms. The van der Waals surface area contributed by atoms with E-state index in [2.05, 4.69) is 27.8 Å².